The number of benzene rings is 2. The fourth-order valence-electron chi connectivity index (χ4n) is 3.72. The van der Waals surface area contributed by atoms with Gasteiger partial charge in [-0.2, -0.15) is 0 Å². The number of pyridine rings is 1. The van der Waals surface area contributed by atoms with Gasteiger partial charge in [-0.05, 0) is 49.9 Å². The molecule has 4 rings (SSSR count). The number of fused-ring (bicyclic) bond motifs is 3. The van der Waals surface area contributed by atoms with Crippen molar-refractivity contribution in [2.75, 3.05) is 6.61 Å². The second kappa shape index (κ2) is 6.97. The van der Waals surface area contributed by atoms with Crippen LogP contribution < -0.4 is 0 Å². The molecule has 0 atom stereocenters. The Kier molecular flexibility index (Phi) is 4.47. The maximum absolute atomic E-state index is 13.5. The average molecular weight is 371 g/mol. The molecule has 2 aromatic heterocycles. The van der Waals surface area contributed by atoms with Crippen molar-refractivity contribution in [1.82, 2.24) is 4.40 Å². The minimum absolute atomic E-state index is 0.0995. The zero-order valence-electron chi connectivity index (χ0n) is 16.2. The summed E-state index contributed by atoms with van der Waals surface area (Å²) in [6.07, 6.45) is 1.82. The smallest absolute Gasteiger partial charge is 0.340 e. The van der Waals surface area contributed by atoms with Crippen molar-refractivity contribution >= 4 is 28.2 Å². The van der Waals surface area contributed by atoms with Gasteiger partial charge in [-0.25, -0.2) is 4.79 Å². The number of hydrogen-bond donors (Lipinski definition) is 0. The van der Waals surface area contributed by atoms with E-state index in [0.29, 0.717) is 22.2 Å². The first-order valence-electron chi connectivity index (χ1n) is 9.33. The maximum atomic E-state index is 13.5. The second-order valence-electron chi connectivity index (χ2n) is 6.93. The summed E-state index contributed by atoms with van der Waals surface area (Å²) in [6.45, 7) is 5.99. The molecule has 0 bridgehead atoms. The molecule has 0 saturated heterocycles. The number of ether oxygens (including phenoxy) is 1. The van der Waals surface area contributed by atoms with Crippen LogP contribution in [0.2, 0.25) is 0 Å². The van der Waals surface area contributed by atoms with Crippen molar-refractivity contribution in [3.63, 3.8) is 0 Å². The Bertz CT molecular complexity index is 1230. The second-order valence-corrected chi connectivity index (χ2v) is 6.93. The lowest BCUT2D eigenvalue weighted by atomic mass is 9.95. The van der Waals surface area contributed by atoms with E-state index in [1.165, 1.54) is 0 Å². The number of rotatable bonds is 4. The molecule has 0 saturated carbocycles. The molecule has 0 radical (unpaired) electrons. The van der Waals surface area contributed by atoms with E-state index >= 15 is 0 Å². The zero-order valence-corrected chi connectivity index (χ0v) is 16.2. The van der Waals surface area contributed by atoms with Crippen molar-refractivity contribution in [2.45, 2.75) is 20.8 Å². The number of para-hydroxylation sites is 1. The molecular weight excluding hydrogens is 350 g/mol. The molecule has 0 unspecified atom stereocenters. The van der Waals surface area contributed by atoms with Crippen molar-refractivity contribution in [1.29, 1.82) is 0 Å². The summed E-state index contributed by atoms with van der Waals surface area (Å²) < 4.78 is 7.12. The molecule has 28 heavy (non-hydrogen) atoms. The molecule has 2 aromatic carbocycles. The number of nitrogens with zero attached hydrogens (tertiary/aromatic N) is 1. The number of esters is 1. The molecule has 4 aromatic rings. The number of ketones is 1. The first-order chi connectivity index (χ1) is 13.5. The summed E-state index contributed by atoms with van der Waals surface area (Å²) >= 11 is 0. The summed E-state index contributed by atoms with van der Waals surface area (Å²) in [6, 6.07) is 17.2. The number of hydrogen-bond acceptors (Lipinski definition) is 3. The number of carbonyl (C=O) groups is 2. The molecule has 0 amide bonds. The highest BCUT2D eigenvalue weighted by atomic mass is 16.5. The SMILES string of the molecule is CCOC(=O)c1ccn2c1c(C(=O)c1ccc(C)cc1C)cc1ccccc12. The van der Waals surface area contributed by atoms with Crippen LogP contribution in [0, 0.1) is 13.8 Å². The van der Waals surface area contributed by atoms with Gasteiger partial charge in [0.25, 0.3) is 0 Å². The van der Waals surface area contributed by atoms with Crippen LogP contribution in [0.4, 0.5) is 0 Å². The van der Waals surface area contributed by atoms with Gasteiger partial charge in [0.2, 0.25) is 0 Å². The first kappa shape index (κ1) is 18.0. The van der Waals surface area contributed by atoms with Gasteiger partial charge in [0.15, 0.2) is 5.78 Å². The lowest BCUT2D eigenvalue weighted by Gasteiger charge is -2.12. The molecule has 2 heterocycles. The van der Waals surface area contributed by atoms with E-state index in [0.717, 1.165) is 22.0 Å². The van der Waals surface area contributed by atoms with Crippen LogP contribution in [-0.4, -0.2) is 22.8 Å². The fourth-order valence-corrected chi connectivity index (χ4v) is 3.72. The lowest BCUT2D eigenvalue weighted by molar-refractivity contribution is 0.0529. The molecular formula is C24H21NO3. The lowest BCUT2D eigenvalue weighted by Crippen LogP contribution is -2.10. The molecule has 140 valence electrons. The van der Waals surface area contributed by atoms with Gasteiger partial charge in [-0.15, -0.1) is 0 Å². The van der Waals surface area contributed by atoms with Crippen molar-refractivity contribution in [3.05, 3.63) is 88.6 Å². The Labute approximate surface area is 163 Å². The Morgan fingerprint density at radius 2 is 1.71 bits per heavy atom. The van der Waals surface area contributed by atoms with Crippen LogP contribution in [0.1, 0.15) is 44.3 Å². The van der Waals surface area contributed by atoms with E-state index in [4.69, 9.17) is 4.74 Å². The van der Waals surface area contributed by atoms with E-state index in [1.807, 2.05) is 73.0 Å². The molecule has 4 nitrogen and oxygen atoms in total. The summed E-state index contributed by atoms with van der Waals surface area (Å²) in [4.78, 5) is 26.0. The predicted molar refractivity (Wildman–Crippen MR) is 110 cm³/mol. The third kappa shape index (κ3) is 2.87. The highest BCUT2D eigenvalue weighted by Crippen LogP contribution is 2.28. The van der Waals surface area contributed by atoms with Crippen LogP contribution in [0.25, 0.3) is 16.4 Å². The minimum Gasteiger partial charge on any atom is -0.462 e. The van der Waals surface area contributed by atoms with E-state index in [2.05, 4.69) is 0 Å². The van der Waals surface area contributed by atoms with E-state index in [9.17, 15) is 9.59 Å². The summed E-state index contributed by atoms with van der Waals surface area (Å²) in [5, 5.41) is 0.939. The Morgan fingerprint density at radius 1 is 0.929 bits per heavy atom. The largest absolute Gasteiger partial charge is 0.462 e. The first-order valence-corrected chi connectivity index (χ1v) is 9.33. The van der Waals surface area contributed by atoms with Gasteiger partial charge in [0.05, 0.1) is 23.2 Å². The van der Waals surface area contributed by atoms with Gasteiger partial charge >= 0.3 is 5.97 Å². The average Bonchev–Trinajstić information content (AvgIpc) is 3.12. The van der Waals surface area contributed by atoms with Crippen LogP contribution in [-0.2, 0) is 4.74 Å². The van der Waals surface area contributed by atoms with Gasteiger partial charge < -0.3 is 9.14 Å². The minimum atomic E-state index is -0.421. The fraction of sp³-hybridized carbons (Fsp3) is 0.167. The third-order valence-electron chi connectivity index (χ3n) is 5.00. The normalized spacial score (nSPS) is 11.1. The standard InChI is InChI=1S/C24H21NO3/c1-4-28-24(27)19-11-12-25-21-8-6-5-7-17(21)14-20(22(19)25)23(26)18-10-9-15(2)13-16(18)3/h5-14H,4H2,1-3H3. The zero-order chi connectivity index (χ0) is 19.8. The highest BCUT2D eigenvalue weighted by Gasteiger charge is 2.22. The van der Waals surface area contributed by atoms with Crippen molar-refractivity contribution < 1.29 is 14.3 Å². The van der Waals surface area contributed by atoms with Gasteiger partial charge in [-0.3, -0.25) is 4.79 Å². The quantitative estimate of drug-likeness (QED) is 0.370. The van der Waals surface area contributed by atoms with Crippen LogP contribution in [0.15, 0.2) is 60.8 Å². The van der Waals surface area contributed by atoms with Crippen molar-refractivity contribution in [3.8, 4) is 0 Å². The topological polar surface area (TPSA) is 47.8 Å². The Hall–Kier alpha value is -3.40. The monoisotopic (exact) mass is 371 g/mol. The number of aryl methyl sites for hydroxylation is 2. The van der Waals surface area contributed by atoms with E-state index in [1.54, 1.807) is 13.0 Å². The van der Waals surface area contributed by atoms with Crippen LogP contribution in [0.5, 0.6) is 0 Å². The molecule has 0 fully saturated rings. The van der Waals surface area contributed by atoms with Crippen molar-refractivity contribution in [2.24, 2.45) is 0 Å². The van der Waals surface area contributed by atoms with E-state index in [-0.39, 0.29) is 12.4 Å². The van der Waals surface area contributed by atoms with Gasteiger partial charge in [-0.1, -0.05) is 42.0 Å². The molecule has 0 N–H and O–H groups in total. The maximum Gasteiger partial charge on any atom is 0.340 e. The Morgan fingerprint density at radius 3 is 2.46 bits per heavy atom. The summed E-state index contributed by atoms with van der Waals surface area (Å²) in [7, 11) is 0. The van der Waals surface area contributed by atoms with Crippen LogP contribution >= 0.6 is 0 Å². The van der Waals surface area contributed by atoms with Crippen LogP contribution in [0.3, 0.4) is 0 Å². The highest BCUT2D eigenvalue weighted by molar-refractivity contribution is 6.18. The Balaban J connectivity index is 2.03. The molecule has 0 aliphatic rings. The molecule has 0 aliphatic heterocycles. The molecule has 4 heteroatoms. The number of carbonyl (C=O) groups excluding carboxylic acids is 2. The van der Waals surface area contributed by atoms with Gasteiger partial charge in [0, 0.05) is 17.3 Å². The van der Waals surface area contributed by atoms with E-state index < -0.39 is 5.97 Å². The predicted octanol–water partition coefficient (Wildman–Crippen LogP) is 5.12. The summed E-state index contributed by atoms with van der Waals surface area (Å²) in [5.41, 5.74) is 5.08. The molecule has 0 aliphatic carbocycles. The van der Waals surface area contributed by atoms with Gasteiger partial charge in [0.1, 0.15) is 0 Å². The third-order valence-corrected chi connectivity index (χ3v) is 5.00. The molecule has 0 spiro atoms. The number of aromatic nitrogens is 1. The summed E-state index contributed by atoms with van der Waals surface area (Å²) in [5.74, 6) is -0.521.